The predicted molar refractivity (Wildman–Crippen MR) is 82.9 cm³/mol. The molecular formula is C16H19N3O3. The van der Waals surface area contributed by atoms with Gasteiger partial charge in [-0.1, -0.05) is 12.1 Å². The molecule has 2 aromatic rings. The number of nitrogens with zero attached hydrogens (tertiary/aromatic N) is 2. The summed E-state index contributed by atoms with van der Waals surface area (Å²) in [6.07, 6.45) is 2.20. The molecule has 6 heteroatoms. The lowest BCUT2D eigenvalue weighted by atomic mass is 10.1. The SMILES string of the molecule is COc1ccc(CCNC(=O)C(C)n2ncccc2=O)cc1. The first-order valence-electron chi connectivity index (χ1n) is 7.06. The van der Waals surface area contributed by atoms with Crippen molar-refractivity contribution in [2.45, 2.75) is 19.4 Å². The molecule has 1 atom stereocenters. The minimum Gasteiger partial charge on any atom is -0.497 e. The van der Waals surface area contributed by atoms with E-state index in [-0.39, 0.29) is 11.5 Å². The van der Waals surface area contributed by atoms with Gasteiger partial charge in [-0.2, -0.15) is 5.10 Å². The monoisotopic (exact) mass is 301 g/mol. The van der Waals surface area contributed by atoms with Crippen LogP contribution in [-0.4, -0.2) is 29.3 Å². The quantitative estimate of drug-likeness (QED) is 0.869. The number of ether oxygens (including phenoxy) is 1. The van der Waals surface area contributed by atoms with Gasteiger partial charge in [-0.25, -0.2) is 4.68 Å². The van der Waals surface area contributed by atoms with E-state index < -0.39 is 6.04 Å². The van der Waals surface area contributed by atoms with E-state index in [2.05, 4.69) is 10.4 Å². The number of rotatable bonds is 6. The zero-order chi connectivity index (χ0) is 15.9. The highest BCUT2D eigenvalue weighted by atomic mass is 16.5. The molecule has 1 unspecified atom stereocenters. The number of methoxy groups -OCH3 is 1. The van der Waals surface area contributed by atoms with Crippen molar-refractivity contribution < 1.29 is 9.53 Å². The number of hydrogen-bond donors (Lipinski definition) is 1. The van der Waals surface area contributed by atoms with E-state index in [1.807, 2.05) is 24.3 Å². The van der Waals surface area contributed by atoms with E-state index in [0.717, 1.165) is 11.3 Å². The summed E-state index contributed by atoms with van der Waals surface area (Å²) in [6.45, 7) is 2.15. The van der Waals surface area contributed by atoms with E-state index in [1.54, 1.807) is 20.1 Å². The summed E-state index contributed by atoms with van der Waals surface area (Å²) >= 11 is 0. The molecule has 0 aliphatic heterocycles. The zero-order valence-corrected chi connectivity index (χ0v) is 12.7. The molecule has 116 valence electrons. The molecule has 2 rings (SSSR count). The fourth-order valence-electron chi connectivity index (χ4n) is 2.04. The van der Waals surface area contributed by atoms with Crippen LogP contribution in [0.4, 0.5) is 0 Å². The lowest BCUT2D eigenvalue weighted by Gasteiger charge is -2.13. The topological polar surface area (TPSA) is 73.2 Å². The molecule has 6 nitrogen and oxygen atoms in total. The molecule has 0 fully saturated rings. The van der Waals surface area contributed by atoms with E-state index in [9.17, 15) is 9.59 Å². The second kappa shape index (κ2) is 7.40. The first-order chi connectivity index (χ1) is 10.6. The summed E-state index contributed by atoms with van der Waals surface area (Å²) in [5.41, 5.74) is 0.809. The fraction of sp³-hybridized carbons (Fsp3) is 0.312. The molecule has 1 aromatic heterocycles. The maximum atomic E-state index is 12.1. The first-order valence-corrected chi connectivity index (χ1v) is 7.06. The number of hydrogen-bond acceptors (Lipinski definition) is 4. The van der Waals surface area contributed by atoms with E-state index >= 15 is 0 Å². The molecule has 1 amide bonds. The largest absolute Gasteiger partial charge is 0.497 e. The Kier molecular flexibility index (Phi) is 5.30. The highest BCUT2D eigenvalue weighted by Gasteiger charge is 2.16. The van der Waals surface area contributed by atoms with Gasteiger partial charge >= 0.3 is 0 Å². The van der Waals surface area contributed by atoms with Gasteiger partial charge in [-0.15, -0.1) is 0 Å². The average molecular weight is 301 g/mol. The Hall–Kier alpha value is -2.63. The third kappa shape index (κ3) is 3.94. The van der Waals surface area contributed by atoms with Crippen LogP contribution < -0.4 is 15.6 Å². The average Bonchev–Trinajstić information content (AvgIpc) is 2.55. The molecule has 22 heavy (non-hydrogen) atoms. The highest BCUT2D eigenvalue weighted by Crippen LogP contribution is 2.11. The molecule has 0 radical (unpaired) electrons. The zero-order valence-electron chi connectivity index (χ0n) is 12.7. The van der Waals surface area contributed by atoms with Crippen molar-refractivity contribution in [1.29, 1.82) is 0 Å². The molecule has 0 saturated heterocycles. The van der Waals surface area contributed by atoms with E-state index in [1.165, 1.54) is 16.9 Å². The van der Waals surface area contributed by atoms with Crippen LogP contribution in [-0.2, 0) is 11.2 Å². The lowest BCUT2D eigenvalue weighted by molar-refractivity contribution is -0.124. The molecular weight excluding hydrogens is 282 g/mol. The molecule has 0 spiro atoms. The summed E-state index contributed by atoms with van der Waals surface area (Å²) in [5, 5.41) is 6.73. The van der Waals surface area contributed by atoms with Crippen molar-refractivity contribution >= 4 is 5.91 Å². The van der Waals surface area contributed by atoms with Gasteiger partial charge in [0.2, 0.25) is 5.91 Å². The fourth-order valence-corrected chi connectivity index (χ4v) is 2.04. The maximum absolute atomic E-state index is 12.1. The molecule has 0 bridgehead atoms. The molecule has 1 N–H and O–H groups in total. The Labute approximate surface area is 128 Å². The molecule has 1 aromatic carbocycles. The third-order valence-corrected chi connectivity index (χ3v) is 3.36. The van der Waals surface area contributed by atoms with Gasteiger partial charge in [0.15, 0.2) is 0 Å². The van der Waals surface area contributed by atoms with Crippen LogP contribution in [0.2, 0.25) is 0 Å². The lowest BCUT2D eigenvalue weighted by Crippen LogP contribution is -2.37. The predicted octanol–water partition coefficient (Wildman–Crippen LogP) is 1.17. The van der Waals surface area contributed by atoms with Gasteiger partial charge in [0, 0.05) is 18.8 Å². The number of aromatic nitrogens is 2. The van der Waals surface area contributed by atoms with Crippen LogP contribution in [0.25, 0.3) is 0 Å². The third-order valence-electron chi connectivity index (χ3n) is 3.36. The number of nitrogens with one attached hydrogen (secondary N) is 1. The normalized spacial score (nSPS) is 11.7. The van der Waals surface area contributed by atoms with Crippen molar-refractivity contribution in [3.8, 4) is 5.75 Å². The van der Waals surface area contributed by atoms with Crippen LogP contribution in [0.15, 0.2) is 47.4 Å². The Morgan fingerprint density at radius 2 is 2.05 bits per heavy atom. The van der Waals surface area contributed by atoms with Gasteiger partial charge in [0.05, 0.1) is 7.11 Å². The minimum absolute atomic E-state index is 0.227. The Balaban J connectivity index is 1.87. The smallest absolute Gasteiger partial charge is 0.267 e. The van der Waals surface area contributed by atoms with Gasteiger partial charge in [-0.3, -0.25) is 9.59 Å². The Morgan fingerprint density at radius 1 is 1.32 bits per heavy atom. The summed E-state index contributed by atoms with van der Waals surface area (Å²) in [7, 11) is 1.62. The number of carbonyl (C=O) groups excluding carboxylic acids is 1. The van der Waals surface area contributed by atoms with Crippen LogP contribution >= 0.6 is 0 Å². The second-order valence-electron chi connectivity index (χ2n) is 4.87. The van der Waals surface area contributed by atoms with Gasteiger partial charge in [-0.05, 0) is 37.1 Å². The van der Waals surface area contributed by atoms with Crippen molar-refractivity contribution in [1.82, 2.24) is 15.1 Å². The van der Waals surface area contributed by atoms with E-state index in [0.29, 0.717) is 13.0 Å². The van der Waals surface area contributed by atoms with Crippen LogP contribution in [0, 0.1) is 0 Å². The van der Waals surface area contributed by atoms with Crippen LogP contribution in [0.5, 0.6) is 5.75 Å². The molecule has 0 saturated carbocycles. The number of carbonyl (C=O) groups is 1. The number of amides is 1. The highest BCUT2D eigenvalue weighted by molar-refractivity contribution is 5.79. The number of benzene rings is 1. The summed E-state index contributed by atoms with van der Waals surface area (Å²) in [6, 6.07) is 9.97. The van der Waals surface area contributed by atoms with Gasteiger partial charge in [0.1, 0.15) is 11.8 Å². The summed E-state index contributed by atoms with van der Waals surface area (Å²) in [4.78, 5) is 23.7. The van der Waals surface area contributed by atoms with Crippen molar-refractivity contribution in [2.75, 3.05) is 13.7 Å². The van der Waals surface area contributed by atoms with Crippen molar-refractivity contribution in [3.05, 3.63) is 58.5 Å². The standard InChI is InChI=1S/C16H19N3O3/c1-12(19-15(20)4-3-10-18-19)16(21)17-11-9-13-5-7-14(22-2)8-6-13/h3-8,10,12H,9,11H2,1-2H3,(H,17,21). The Morgan fingerprint density at radius 3 is 2.68 bits per heavy atom. The van der Waals surface area contributed by atoms with Gasteiger partial charge in [0.25, 0.3) is 5.56 Å². The maximum Gasteiger partial charge on any atom is 0.267 e. The van der Waals surface area contributed by atoms with Gasteiger partial charge < -0.3 is 10.1 Å². The van der Waals surface area contributed by atoms with Crippen molar-refractivity contribution in [3.63, 3.8) is 0 Å². The van der Waals surface area contributed by atoms with Crippen LogP contribution in [0.3, 0.4) is 0 Å². The Bertz CT molecular complexity index is 680. The van der Waals surface area contributed by atoms with E-state index in [4.69, 9.17) is 4.74 Å². The summed E-state index contributed by atoms with van der Waals surface area (Å²) < 4.78 is 6.26. The first kappa shape index (κ1) is 15.8. The minimum atomic E-state index is -0.635. The summed E-state index contributed by atoms with van der Waals surface area (Å²) in [5.74, 6) is 0.574. The van der Waals surface area contributed by atoms with Crippen LogP contribution in [0.1, 0.15) is 18.5 Å². The molecule has 1 heterocycles. The second-order valence-corrected chi connectivity index (χ2v) is 4.87. The van der Waals surface area contributed by atoms with Crippen molar-refractivity contribution in [2.24, 2.45) is 0 Å². The molecule has 0 aliphatic rings. The molecule has 0 aliphatic carbocycles.